The Kier molecular flexibility index (Phi) is 7.62. The molecule has 0 fully saturated rings. The Morgan fingerprint density at radius 2 is 1.77 bits per heavy atom. The average molecular weight is 539 g/mol. The monoisotopic (exact) mass is 538 g/mol. The van der Waals surface area contributed by atoms with Gasteiger partial charge in [-0.25, -0.2) is 4.68 Å². The van der Waals surface area contributed by atoms with E-state index in [9.17, 15) is 9.59 Å². The van der Waals surface area contributed by atoms with E-state index in [1.165, 1.54) is 0 Å². The zero-order valence-electron chi connectivity index (χ0n) is 23.1. The lowest BCUT2D eigenvalue weighted by Crippen LogP contribution is -2.44. The van der Waals surface area contributed by atoms with Gasteiger partial charge in [0.05, 0.1) is 22.4 Å². The second-order valence-electron chi connectivity index (χ2n) is 10.4. The van der Waals surface area contributed by atoms with Crippen molar-refractivity contribution in [2.24, 2.45) is 0 Å². The molecule has 7 heteroatoms. The molecule has 0 bridgehead atoms. The molecule has 6 nitrogen and oxygen atoms in total. The van der Waals surface area contributed by atoms with Crippen molar-refractivity contribution in [1.29, 1.82) is 0 Å². The van der Waals surface area contributed by atoms with Gasteiger partial charge >= 0.3 is 0 Å². The van der Waals surface area contributed by atoms with E-state index in [4.69, 9.17) is 5.10 Å². The van der Waals surface area contributed by atoms with Crippen molar-refractivity contribution >= 4 is 29.4 Å². The molecule has 1 unspecified atom stereocenters. The topological polar surface area (TPSA) is 67.2 Å². The van der Waals surface area contributed by atoms with Gasteiger partial charge in [0.15, 0.2) is 0 Å². The van der Waals surface area contributed by atoms with Gasteiger partial charge in [0, 0.05) is 17.2 Å². The van der Waals surface area contributed by atoms with Gasteiger partial charge in [-0.05, 0) is 57.4 Å². The standard InChI is InChI=1S/C32H34N4O2S/c1-20(2)33-27(37)18-35-28(38)19-39-31(25-15-9-11-21(3)17-25)29-30(24-13-7-6-8-14-24)34-36(32(29)35)26-16-10-12-22(4)23(26)5/h6-17,20,31H,18-19H2,1-5H3,(H,33,37). The normalized spacial score (nSPS) is 15.3. The van der Waals surface area contributed by atoms with E-state index in [1.807, 2.05) is 48.9 Å². The van der Waals surface area contributed by atoms with Gasteiger partial charge in [-0.15, -0.1) is 11.8 Å². The number of carbonyl (C=O) groups is 2. The molecule has 1 atom stereocenters. The molecular formula is C32H34N4O2S. The minimum absolute atomic E-state index is 0.0303. The first-order valence-electron chi connectivity index (χ1n) is 13.3. The molecule has 2 heterocycles. The van der Waals surface area contributed by atoms with Crippen molar-refractivity contribution in [3.05, 3.63) is 101 Å². The third kappa shape index (κ3) is 5.36. The predicted molar refractivity (Wildman–Crippen MR) is 160 cm³/mol. The number of nitrogens with one attached hydrogen (secondary N) is 1. The summed E-state index contributed by atoms with van der Waals surface area (Å²) in [4.78, 5) is 28.5. The molecule has 0 saturated carbocycles. The number of nitrogens with zero attached hydrogens (tertiary/aromatic N) is 3. The fraction of sp³-hybridized carbons (Fsp3) is 0.281. The maximum absolute atomic E-state index is 13.8. The summed E-state index contributed by atoms with van der Waals surface area (Å²) in [5.74, 6) is 0.603. The minimum atomic E-state index is -0.196. The van der Waals surface area contributed by atoms with Crippen molar-refractivity contribution in [3.63, 3.8) is 0 Å². The molecule has 200 valence electrons. The molecule has 1 N–H and O–H groups in total. The van der Waals surface area contributed by atoms with Crippen LogP contribution in [0.5, 0.6) is 0 Å². The lowest BCUT2D eigenvalue weighted by Gasteiger charge is -2.24. The first kappa shape index (κ1) is 26.8. The van der Waals surface area contributed by atoms with Gasteiger partial charge in [-0.1, -0.05) is 72.3 Å². The second kappa shape index (κ2) is 11.1. The number of aromatic nitrogens is 2. The lowest BCUT2D eigenvalue weighted by atomic mass is 9.98. The fourth-order valence-electron chi connectivity index (χ4n) is 5.07. The molecule has 1 aliphatic heterocycles. The van der Waals surface area contributed by atoms with Crippen LogP contribution in [0.4, 0.5) is 5.82 Å². The van der Waals surface area contributed by atoms with Crippen LogP contribution in [0, 0.1) is 20.8 Å². The van der Waals surface area contributed by atoms with Crippen LogP contribution in [0.2, 0.25) is 0 Å². The van der Waals surface area contributed by atoms with E-state index in [-0.39, 0.29) is 35.4 Å². The minimum Gasteiger partial charge on any atom is -0.352 e. The highest BCUT2D eigenvalue weighted by Crippen LogP contribution is 2.48. The second-order valence-corrected chi connectivity index (χ2v) is 11.5. The number of anilines is 1. The summed E-state index contributed by atoms with van der Waals surface area (Å²) in [6.07, 6.45) is 0. The molecule has 5 rings (SSSR count). The van der Waals surface area contributed by atoms with E-state index in [2.05, 4.69) is 68.6 Å². The summed E-state index contributed by atoms with van der Waals surface area (Å²) in [5.41, 5.74) is 8.09. The number of carbonyl (C=O) groups excluding carboxylic acids is 2. The van der Waals surface area contributed by atoms with Crippen LogP contribution >= 0.6 is 11.8 Å². The quantitative estimate of drug-likeness (QED) is 0.319. The molecule has 0 radical (unpaired) electrons. The molecule has 4 aromatic rings. The summed E-state index contributed by atoms with van der Waals surface area (Å²) < 4.78 is 1.88. The zero-order chi connectivity index (χ0) is 27.7. The average Bonchev–Trinajstić information content (AvgIpc) is 3.22. The SMILES string of the molecule is Cc1cccc(C2SCC(=O)N(CC(=O)NC(C)C)c3c2c(-c2ccccc2)nn3-c2cccc(C)c2C)c1. The van der Waals surface area contributed by atoms with Gasteiger partial charge in [0.25, 0.3) is 0 Å². The summed E-state index contributed by atoms with van der Waals surface area (Å²) in [7, 11) is 0. The van der Waals surface area contributed by atoms with Crippen molar-refractivity contribution in [2.75, 3.05) is 17.2 Å². The highest BCUT2D eigenvalue weighted by molar-refractivity contribution is 8.00. The summed E-state index contributed by atoms with van der Waals surface area (Å²) in [6.45, 7) is 9.99. The van der Waals surface area contributed by atoms with Crippen molar-refractivity contribution < 1.29 is 9.59 Å². The van der Waals surface area contributed by atoms with Crippen LogP contribution in [0.15, 0.2) is 72.8 Å². The van der Waals surface area contributed by atoms with Crippen molar-refractivity contribution in [2.45, 2.75) is 45.9 Å². The fourth-order valence-corrected chi connectivity index (χ4v) is 6.26. The van der Waals surface area contributed by atoms with E-state index in [0.717, 1.165) is 44.8 Å². The first-order chi connectivity index (χ1) is 18.7. The Balaban J connectivity index is 1.84. The number of fused-ring (bicyclic) bond motifs is 1. The maximum Gasteiger partial charge on any atom is 0.240 e. The van der Waals surface area contributed by atoms with Crippen LogP contribution in [0.3, 0.4) is 0 Å². The first-order valence-corrected chi connectivity index (χ1v) is 14.3. The number of benzene rings is 3. The third-order valence-electron chi connectivity index (χ3n) is 7.04. The zero-order valence-corrected chi connectivity index (χ0v) is 23.9. The third-order valence-corrected chi connectivity index (χ3v) is 8.29. The molecule has 39 heavy (non-hydrogen) atoms. The van der Waals surface area contributed by atoms with Crippen LogP contribution < -0.4 is 10.2 Å². The van der Waals surface area contributed by atoms with Crippen LogP contribution in [-0.4, -0.2) is 39.9 Å². The van der Waals surface area contributed by atoms with Crippen LogP contribution in [0.1, 0.15) is 46.9 Å². The van der Waals surface area contributed by atoms with Crippen LogP contribution in [-0.2, 0) is 9.59 Å². The van der Waals surface area contributed by atoms with Gasteiger partial charge in [-0.2, -0.15) is 5.10 Å². The highest BCUT2D eigenvalue weighted by atomic mass is 32.2. The molecule has 3 aromatic carbocycles. The summed E-state index contributed by atoms with van der Waals surface area (Å²) >= 11 is 1.59. The number of hydrogen-bond acceptors (Lipinski definition) is 4. The van der Waals surface area contributed by atoms with E-state index in [0.29, 0.717) is 5.82 Å². The molecule has 1 aliphatic rings. The smallest absolute Gasteiger partial charge is 0.240 e. The Hall–Kier alpha value is -3.84. The highest BCUT2D eigenvalue weighted by Gasteiger charge is 2.38. The molecule has 1 aromatic heterocycles. The molecular weight excluding hydrogens is 504 g/mol. The van der Waals surface area contributed by atoms with E-state index in [1.54, 1.807) is 16.7 Å². The predicted octanol–water partition coefficient (Wildman–Crippen LogP) is 6.16. The lowest BCUT2D eigenvalue weighted by molar-refractivity contribution is -0.123. The van der Waals surface area contributed by atoms with Gasteiger partial charge in [0.2, 0.25) is 11.8 Å². The number of thioether (sulfide) groups is 1. The largest absolute Gasteiger partial charge is 0.352 e. The van der Waals surface area contributed by atoms with Gasteiger partial charge in [-0.3, -0.25) is 14.5 Å². The number of hydrogen-bond donors (Lipinski definition) is 1. The Bertz CT molecular complexity index is 1530. The number of amides is 2. The molecule has 0 aliphatic carbocycles. The van der Waals surface area contributed by atoms with Gasteiger partial charge < -0.3 is 5.32 Å². The summed E-state index contributed by atoms with van der Waals surface area (Å²) in [5, 5.41) is 8.02. The maximum atomic E-state index is 13.8. The molecule has 2 amide bonds. The van der Waals surface area contributed by atoms with Crippen molar-refractivity contribution in [1.82, 2.24) is 15.1 Å². The summed E-state index contributed by atoms with van der Waals surface area (Å²) in [6, 6.07) is 24.6. The van der Waals surface area contributed by atoms with E-state index < -0.39 is 0 Å². The Labute approximate surface area is 234 Å². The number of rotatable bonds is 6. The van der Waals surface area contributed by atoms with Gasteiger partial charge in [0.1, 0.15) is 12.4 Å². The molecule has 0 saturated heterocycles. The Morgan fingerprint density at radius 3 is 2.49 bits per heavy atom. The number of aryl methyl sites for hydroxylation is 2. The van der Waals surface area contributed by atoms with E-state index >= 15 is 0 Å². The van der Waals surface area contributed by atoms with Crippen LogP contribution in [0.25, 0.3) is 16.9 Å². The molecule has 0 spiro atoms. The Morgan fingerprint density at radius 1 is 1.03 bits per heavy atom. The van der Waals surface area contributed by atoms with Crippen molar-refractivity contribution in [3.8, 4) is 16.9 Å².